The van der Waals surface area contributed by atoms with Gasteiger partial charge in [-0.15, -0.1) is 0 Å². The lowest BCUT2D eigenvalue weighted by molar-refractivity contribution is -0.120. The second-order valence-electron chi connectivity index (χ2n) is 5.71. The van der Waals surface area contributed by atoms with E-state index in [0.29, 0.717) is 30.4 Å². The van der Waals surface area contributed by atoms with Crippen molar-refractivity contribution in [3.8, 4) is 17.2 Å². The summed E-state index contributed by atoms with van der Waals surface area (Å²) in [6.07, 6.45) is 1.84. The molecule has 0 saturated carbocycles. The van der Waals surface area contributed by atoms with Crippen LogP contribution >= 0.6 is 0 Å². The average Bonchev–Trinajstić information content (AvgIpc) is 2.66. The quantitative estimate of drug-likeness (QED) is 0.660. The maximum Gasteiger partial charge on any atom is 0.224 e. The van der Waals surface area contributed by atoms with E-state index < -0.39 is 0 Å². The predicted molar refractivity (Wildman–Crippen MR) is 97.4 cm³/mol. The van der Waals surface area contributed by atoms with Crippen LogP contribution in [0.5, 0.6) is 17.2 Å². The summed E-state index contributed by atoms with van der Waals surface area (Å²) >= 11 is 0. The van der Waals surface area contributed by atoms with Gasteiger partial charge in [-0.25, -0.2) is 4.39 Å². The maximum absolute atomic E-state index is 12.8. The van der Waals surface area contributed by atoms with E-state index in [1.54, 1.807) is 38.5 Å². The fraction of sp³-hybridized carbons (Fsp3) is 0.350. The van der Waals surface area contributed by atoms with E-state index in [1.807, 2.05) is 6.07 Å². The van der Waals surface area contributed by atoms with Gasteiger partial charge < -0.3 is 19.5 Å². The normalized spacial score (nSPS) is 10.3. The summed E-state index contributed by atoms with van der Waals surface area (Å²) in [5.74, 6) is 1.61. The molecule has 0 aliphatic heterocycles. The summed E-state index contributed by atoms with van der Waals surface area (Å²) in [6.45, 7) is 1.10. The number of carbonyl (C=O) groups excluding carboxylic acids is 1. The number of nitrogens with one attached hydrogen (secondary N) is 1. The molecule has 1 N–H and O–H groups in total. The number of hydrogen-bond acceptors (Lipinski definition) is 4. The minimum Gasteiger partial charge on any atom is -0.497 e. The number of unbranched alkanes of at least 4 members (excludes halogenated alkanes) is 1. The van der Waals surface area contributed by atoms with Crippen LogP contribution in [0.15, 0.2) is 42.5 Å². The van der Waals surface area contributed by atoms with Crippen molar-refractivity contribution in [2.24, 2.45) is 0 Å². The molecule has 5 nitrogen and oxygen atoms in total. The zero-order chi connectivity index (χ0) is 18.8. The smallest absolute Gasteiger partial charge is 0.224 e. The highest BCUT2D eigenvalue weighted by molar-refractivity contribution is 5.79. The van der Waals surface area contributed by atoms with Crippen molar-refractivity contribution in [2.75, 3.05) is 27.4 Å². The summed E-state index contributed by atoms with van der Waals surface area (Å²) in [5.41, 5.74) is 0.811. The Morgan fingerprint density at radius 2 is 1.73 bits per heavy atom. The number of amides is 1. The number of ether oxygens (including phenoxy) is 3. The van der Waals surface area contributed by atoms with Crippen molar-refractivity contribution in [3.63, 3.8) is 0 Å². The molecule has 0 unspecified atom stereocenters. The van der Waals surface area contributed by atoms with Gasteiger partial charge in [0.1, 0.15) is 23.1 Å². The van der Waals surface area contributed by atoms with Crippen molar-refractivity contribution < 1.29 is 23.4 Å². The van der Waals surface area contributed by atoms with Crippen molar-refractivity contribution in [2.45, 2.75) is 19.3 Å². The van der Waals surface area contributed by atoms with E-state index in [0.717, 1.165) is 18.4 Å². The van der Waals surface area contributed by atoms with Crippen LogP contribution in [-0.4, -0.2) is 33.3 Å². The summed E-state index contributed by atoms with van der Waals surface area (Å²) in [7, 11) is 3.15. The number of halogens is 1. The average molecular weight is 361 g/mol. The van der Waals surface area contributed by atoms with Crippen molar-refractivity contribution in [3.05, 3.63) is 53.8 Å². The number of hydrogen-bond donors (Lipinski definition) is 1. The Bertz CT molecular complexity index is 703. The van der Waals surface area contributed by atoms with Crippen molar-refractivity contribution in [1.82, 2.24) is 5.32 Å². The second-order valence-corrected chi connectivity index (χ2v) is 5.71. The molecule has 6 heteroatoms. The molecular weight excluding hydrogens is 337 g/mol. The molecule has 0 saturated heterocycles. The largest absolute Gasteiger partial charge is 0.497 e. The zero-order valence-corrected chi connectivity index (χ0v) is 15.1. The van der Waals surface area contributed by atoms with Gasteiger partial charge in [0.05, 0.1) is 27.2 Å². The van der Waals surface area contributed by atoms with E-state index in [1.165, 1.54) is 12.1 Å². The van der Waals surface area contributed by atoms with Gasteiger partial charge in [0.25, 0.3) is 0 Å². The molecule has 1 amide bonds. The molecule has 0 spiro atoms. The van der Waals surface area contributed by atoms with Crippen LogP contribution < -0.4 is 19.5 Å². The molecule has 2 aromatic carbocycles. The lowest BCUT2D eigenvalue weighted by atomic mass is 10.1. The Hall–Kier alpha value is -2.76. The predicted octanol–water partition coefficient (Wildman–Crippen LogP) is 3.36. The van der Waals surface area contributed by atoms with Gasteiger partial charge in [-0.1, -0.05) is 6.07 Å². The van der Waals surface area contributed by atoms with Crippen molar-refractivity contribution in [1.29, 1.82) is 0 Å². The second kappa shape index (κ2) is 10.3. The Labute approximate surface area is 153 Å². The number of methoxy groups -OCH3 is 2. The van der Waals surface area contributed by atoms with Gasteiger partial charge in [0.2, 0.25) is 5.91 Å². The Balaban J connectivity index is 1.65. The molecule has 140 valence electrons. The van der Waals surface area contributed by atoms with E-state index in [4.69, 9.17) is 14.2 Å². The fourth-order valence-corrected chi connectivity index (χ4v) is 2.41. The molecule has 0 heterocycles. The molecular formula is C20H24FNO4. The Kier molecular flexibility index (Phi) is 7.74. The molecule has 0 atom stereocenters. The first-order valence-electron chi connectivity index (χ1n) is 8.48. The highest BCUT2D eigenvalue weighted by atomic mass is 19.1. The van der Waals surface area contributed by atoms with Crippen LogP contribution in [0.3, 0.4) is 0 Å². The topological polar surface area (TPSA) is 56.8 Å². The minimum absolute atomic E-state index is 0.0621. The van der Waals surface area contributed by atoms with Crippen molar-refractivity contribution >= 4 is 5.91 Å². The van der Waals surface area contributed by atoms with E-state index in [2.05, 4.69) is 5.32 Å². The van der Waals surface area contributed by atoms with Gasteiger partial charge in [-0.05, 0) is 43.2 Å². The molecule has 0 aliphatic carbocycles. The summed E-state index contributed by atoms with van der Waals surface area (Å²) < 4.78 is 28.7. The molecule has 0 radical (unpaired) electrons. The van der Waals surface area contributed by atoms with Gasteiger partial charge in [0.15, 0.2) is 0 Å². The molecule has 0 fully saturated rings. The van der Waals surface area contributed by atoms with E-state index in [-0.39, 0.29) is 18.1 Å². The number of carbonyl (C=O) groups is 1. The molecule has 0 aliphatic rings. The lowest BCUT2D eigenvalue weighted by Gasteiger charge is -2.11. The van der Waals surface area contributed by atoms with Gasteiger partial charge >= 0.3 is 0 Å². The molecule has 0 aromatic heterocycles. The highest BCUT2D eigenvalue weighted by Crippen LogP contribution is 2.24. The van der Waals surface area contributed by atoms with Crippen LogP contribution in [0, 0.1) is 5.82 Å². The monoisotopic (exact) mass is 361 g/mol. The maximum atomic E-state index is 12.8. The third-order valence-corrected chi connectivity index (χ3v) is 3.82. The van der Waals surface area contributed by atoms with Gasteiger partial charge in [-0.3, -0.25) is 4.79 Å². The molecule has 2 rings (SSSR count). The summed E-state index contributed by atoms with van der Waals surface area (Å²) in [5, 5.41) is 2.89. The number of rotatable bonds is 10. The van der Waals surface area contributed by atoms with Crippen LogP contribution in [0.1, 0.15) is 18.4 Å². The lowest BCUT2D eigenvalue weighted by Crippen LogP contribution is -2.26. The third-order valence-electron chi connectivity index (χ3n) is 3.82. The summed E-state index contributed by atoms with van der Waals surface area (Å²) in [4.78, 5) is 12.1. The fourth-order valence-electron chi connectivity index (χ4n) is 2.41. The Morgan fingerprint density at radius 3 is 2.42 bits per heavy atom. The highest BCUT2D eigenvalue weighted by Gasteiger charge is 2.09. The molecule has 0 bridgehead atoms. The van der Waals surface area contributed by atoms with E-state index in [9.17, 15) is 9.18 Å². The van der Waals surface area contributed by atoms with Gasteiger partial charge in [0, 0.05) is 18.2 Å². The van der Waals surface area contributed by atoms with Crippen LogP contribution in [0.25, 0.3) is 0 Å². The van der Waals surface area contributed by atoms with E-state index >= 15 is 0 Å². The van der Waals surface area contributed by atoms with Crippen LogP contribution in [-0.2, 0) is 11.2 Å². The molecule has 2 aromatic rings. The zero-order valence-electron chi connectivity index (χ0n) is 15.1. The third kappa shape index (κ3) is 6.27. The minimum atomic E-state index is -0.284. The van der Waals surface area contributed by atoms with Crippen LogP contribution in [0.4, 0.5) is 4.39 Å². The first-order valence-corrected chi connectivity index (χ1v) is 8.48. The molecule has 26 heavy (non-hydrogen) atoms. The SMILES string of the molecule is COc1ccc(CC(=O)NCCCCOc2ccc(F)cc2)c(OC)c1. The van der Waals surface area contributed by atoms with Gasteiger partial charge in [-0.2, -0.15) is 0 Å². The number of benzene rings is 2. The first-order chi connectivity index (χ1) is 12.6. The standard InChI is InChI=1S/C20H24FNO4/c1-24-18-8-5-15(19(14-18)25-2)13-20(23)22-11-3-4-12-26-17-9-6-16(21)7-10-17/h5-10,14H,3-4,11-13H2,1-2H3,(H,22,23). The summed E-state index contributed by atoms with van der Waals surface area (Å²) in [6, 6.07) is 11.3. The Morgan fingerprint density at radius 1 is 1.00 bits per heavy atom. The van der Waals surface area contributed by atoms with Crippen LogP contribution in [0.2, 0.25) is 0 Å². The first kappa shape index (κ1) is 19.6.